The lowest BCUT2D eigenvalue weighted by Gasteiger charge is -2.31. The van der Waals surface area contributed by atoms with Crippen LogP contribution in [-0.4, -0.2) is 64.2 Å². The Balaban J connectivity index is 1.76. The van der Waals surface area contributed by atoms with Gasteiger partial charge in [-0.15, -0.1) is 0 Å². The number of likely N-dealkylation sites (tertiary alicyclic amines) is 1. The number of carbonyl (C=O) groups is 1. The summed E-state index contributed by atoms with van der Waals surface area (Å²) in [5, 5.41) is 7.08. The molecule has 0 saturated carbocycles. The molecule has 1 aliphatic rings. The Morgan fingerprint density at radius 1 is 1.46 bits per heavy atom. The molecule has 2 heterocycles. The fourth-order valence-corrected chi connectivity index (χ4v) is 2.74. The smallest absolute Gasteiger partial charge is 0.317 e. The summed E-state index contributed by atoms with van der Waals surface area (Å²) in [5.74, 6) is 1.52. The molecule has 1 atom stereocenters. The molecule has 1 aliphatic heterocycles. The van der Waals surface area contributed by atoms with E-state index in [9.17, 15) is 4.79 Å². The molecule has 0 spiro atoms. The second kappa shape index (κ2) is 7.51. The number of nitrogens with zero attached hydrogens (tertiary/aromatic N) is 4. The van der Waals surface area contributed by atoms with E-state index in [4.69, 9.17) is 4.52 Å². The monoisotopic (exact) mass is 337 g/mol. The topological polar surface area (TPSA) is 74.5 Å². The summed E-state index contributed by atoms with van der Waals surface area (Å²) >= 11 is 0. The zero-order valence-electron chi connectivity index (χ0n) is 15.8. The van der Waals surface area contributed by atoms with Gasteiger partial charge in [-0.1, -0.05) is 19.0 Å². The number of carbonyl (C=O) groups excluding carboxylic acids is 1. The molecule has 0 unspecified atom stereocenters. The van der Waals surface area contributed by atoms with Crippen LogP contribution in [0.5, 0.6) is 0 Å². The Morgan fingerprint density at radius 2 is 2.17 bits per heavy atom. The van der Waals surface area contributed by atoms with Crippen LogP contribution in [0, 0.1) is 0 Å². The molecular weight excluding hydrogens is 306 g/mol. The molecule has 1 saturated heterocycles. The van der Waals surface area contributed by atoms with E-state index in [2.05, 4.69) is 41.1 Å². The molecule has 136 valence electrons. The van der Waals surface area contributed by atoms with Gasteiger partial charge >= 0.3 is 6.03 Å². The van der Waals surface area contributed by atoms with Crippen LogP contribution >= 0.6 is 0 Å². The summed E-state index contributed by atoms with van der Waals surface area (Å²) < 4.78 is 5.18. The van der Waals surface area contributed by atoms with Crippen molar-refractivity contribution < 1.29 is 9.32 Å². The first-order valence-corrected chi connectivity index (χ1v) is 8.76. The molecule has 2 amide bonds. The second-order valence-electron chi connectivity index (χ2n) is 7.93. The van der Waals surface area contributed by atoms with Crippen LogP contribution in [0.1, 0.15) is 58.7 Å². The largest absolute Gasteiger partial charge is 0.339 e. The van der Waals surface area contributed by atoms with Crippen LogP contribution in [-0.2, 0) is 6.42 Å². The van der Waals surface area contributed by atoms with Gasteiger partial charge in [0.25, 0.3) is 0 Å². The van der Waals surface area contributed by atoms with E-state index in [-0.39, 0.29) is 23.5 Å². The predicted octanol–water partition coefficient (Wildman–Crippen LogP) is 2.25. The van der Waals surface area contributed by atoms with E-state index in [0.717, 1.165) is 19.5 Å². The highest BCUT2D eigenvalue weighted by molar-refractivity contribution is 5.74. The zero-order chi connectivity index (χ0) is 17.9. The van der Waals surface area contributed by atoms with Gasteiger partial charge in [-0.3, -0.25) is 4.90 Å². The maximum atomic E-state index is 12.3. The van der Waals surface area contributed by atoms with Crippen LogP contribution in [0.3, 0.4) is 0 Å². The van der Waals surface area contributed by atoms with Crippen molar-refractivity contribution in [2.24, 2.45) is 0 Å². The van der Waals surface area contributed by atoms with Gasteiger partial charge in [0.05, 0.1) is 0 Å². The van der Waals surface area contributed by atoms with Crippen molar-refractivity contribution >= 4 is 6.03 Å². The molecule has 7 heteroatoms. The van der Waals surface area contributed by atoms with Crippen molar-refractivity contribution in [1.29, 1.82) is 0 Å². The number of urea groups is 1. The van der Waals surface area contributed by atoms with Crippen LogP contribution < -0.4 is 5.32 Å². The van der Waals surface area contributed by atoms with Gasteiger partial charge < -0.3 is 14.7 Å². The fourth-order valence-electron chi connectivity index (χ4n) is 2.74. The van der Waals surface area contributed by atoms with Gasteiger partial charge in [0.2, 0.25) is 5.89 Å². The highest BCUT2D eigenvalue weighted by Gasteiger charge is 2.31. The minimum absolute atomic E-state index is 0.0386. The summed E-state index contributed by atoms with van der Waals surface area (Å²) in [6, 6.07) is 0.181. The van der Waals surface area contributed by atoms with Crippen molar-refractivity contribution in [2.75, 3.05) is 26.7 Å². The first-order chi connectivity index (χ1) is 11.2. The van der Waals surface area contributed by atoms with Crippen molar-refractivity contribution in [3.8, 4) is 0 Å². The summed E-state index contributed by atoms with van der Waals surface area (Å²) in [6.07, 6.45) is 1.60. The number of hydrogen-bond acceptors (Lipinski definition) is 5. The molecule has 1 aromatic rings. The molecule has 7 nitrogen and oxygen atoms in total. The number of hydrogen-bond donors (Lipinski definition) is 1. The summed E-state index contributed by atoms with van der Waals surface area (Å²) in [7, 11) is 1.80. The second-order valence-corrected chi connectivity index (χ2v) is 7.93. The van der Waals surface area contributed by atoms with Crippen molar-refractivity contribution in [3.63, 3.8) is 0 Å². The van der Waals surface area contributed by atoms with Crippen molar-refractivity contribution in [2.45, 2.75) is 65.0 Å². The molecule has 0 bridgehead atoms. The summed E-state index contributed by atoms with van der Waals surface area (Å²) in [6.45, 7) is 13.2. The highest BCUT2D eigenvalue weighted by atomic mass is 16.5. The molecule has 0 radical (unpaired) electrons. The van der Waals surface area contributed by atoms with Crippen LogP contribution in [0.25, 0.3) is 0 Å². The number of nitrogens with one attached hydrogen (secondary N) is 1. The Hall–Kier alpha value is -1.63. The average Bonchev–Trinajstić information content (AvgIpc) is 3.12. The standard InChI is InChI=1S/C17H31N5O2/c1-12(2)15-19-14(20-24-15)8-9-21(6)16(23)18-13-7-10-22(11-13)17(3,4)5/h12-13H,7-11H2,1-6H3,(H,18,23)/t13-/m0/s1. The summed E-state index contributed by atoms with van der Waals surface area (Å²) in [5.41, 5.74) is 0.151. The molecule has 1 N–H and O–H groups in total. The highest BCUT2D eigenvalue weighted by Crippen LogP contribution is 2.20. The van der Waals surface area contributed by atoms with Gasteiger partial charge in [0.1, 0.15) is 0 Å². The molecule has 1 fully saturated rings. The lowest BCUT2D eigenvalue weighted by molar-refractivity contribution is 0.168. The van der Waals surface area contributed by atoms with Gasteiger partial charge in [0, 0.05) is 50.6 Å². The minimum atomic E-state index is -0.0386. The van der Waals surface area contributed by atoms with Gasteiger partial charge in [-0.05, 0) is 27.2 Å². The average molecular weight is 337 g/mol. The molecule has 1 aromatic heterocycles. The molecule has 0 aliphatic carbocycles. The summed E-state index contributed by atoms with van der Waals surface area (Å²) in [4.78, 5) is 20.8. The van der Waals surface area contributed by atoms with Crippen LogP contribution in [0.4, 0.5) is 4.79 Å². The molecule has 24 heavy (non-hydrogen) atoms. The third kappa shape index (κ3) is 4.93. The van der Waals surface area contributed by atoms with Crippen LogP contribution in [0.15, 0.2) is 4.52 Å². The quantitative estimate of drug-likeness (QED) is 0.892. The Labute approximate surface area is 144 Å². The normalized spacial score (nSPS) is 19.0. The van der Waals surface area contributed by atoms with E-state index >= 15 is 0 Å². The number of rotatable bonds is 5. The van der Waals surface area contributed by atoms with Gasteiger partial charge in [-0.2, -0.15) is 4.98 Å². The van der Waals surface area contributed by atoms with Crippen molar-refractivity contribution in [3.05, 3.63) is 11.7 Å². The maximum Gasteiger partial charge on any atom is 0.317 e. The van der Waals surface area contributed by atoms with Gasteiger partial charge in [0.15, 0.2) is 5.82 Å². The molecule has 2 rings (SSSR count). The number of aromatic nitrogens is 2. The van der Waals surface area contributed by atoms with E-state index in [0.29, 0.717) is 24.7 Å². The minimum Gasteiger partial charge on any atom is -0.339 e. The molecule has 0 aromatic carbocycles. The first-order valence-electron chi connectivity index (χ1n) is 8.76. The lowest BCUT2D eigenvalue weighted by atomic mass is 10.1. The van der Waals surface area contributed by atoms with E-state index in [1.807, 2.05) is 13.8 Å². The lowest BCUT2D eigenvalue weighted by Crippen LogP contribution is -2.46. The van der Waals surface area contributed by atoms with E-state index in [1.165, 1.54) is 0 Å². The van der Waals surface area contributed by atoms with Crippen LogP contribution in [0.2, 0.25) is 0 Å². The fraction of sp³-hybridized carbons (Fsp3) is 0.824. The van der Waals surface area contributed by atoms with Gasteiger partial charge in [-0.25, -0.2) is 4.79 Å². The third-order valence-corrected chi connectivity index (χ3v) is 4.46. The first kappa shape index (κ1) is 18.7. The predicted molar refractivity (Wildman–Crippen MR) is 93.0 cm³/mol. The zero-order valence-corrected chi connectivity index (χ0v) is 15.8. The third-order valence-electron chi connectivity index (χ3n) is 4.46. The Morgan fingerprint density at radius 3 is 2.71 bits per heavy atom. The Bertz CT molecular complexity index is 549. The van der Waals surface area contributed by atoms with E-state index in [1.54, 1.807) is 11.9 Å². The number of amides is 2. The van der Waals surface area contributed by atoms with E-state index < -0.39 is 0 Å². The molecular formula is C17H31N5O2. The SMILES string of the molecule is CC(C)c1nc(CCN(C)C(=O)N[C@H]2CCN(C(C)(C)C)C2)no1. The number of likely N-dealkylation sites (N-methyl/N-ethyl adjacent to an activating group) is 1. The van der Waals surface area contributed by atoms with Crippen molar-refractivity contribution in [1.82, 2.24) is 25.3 Å². The Kier molecular flexibility index (Phi) is 5.85. The maximum absolute atomic E-state index is 12.3.